The minimum Gasteiger partial charge on any atom is -0.408 e. The molecule has 158 valence electrons. The monoisotopic (exact) mass is 409 g/mol. The van der Waals surface area contributed by atoms with Gasteiger partial charge in [0.15, 0.2) is 5.58 Å². The van der Waals surface area contributed by atoms with Crippen LogP contribution in [-0.2, 0) is 17.9 Å². The molecule has 1 saturated carbocycles. The molecule has 1 spiro atoms. The van der Waals surface area contributed by atoms with Crippen LogP contribution >= 0.6 is 0 Å². The quantitative estimate of drug-likeness (QED) is 0.647. The van der Waals surface area contributed by atoms with E-state index in [1.807, 2.05) is 29.4 Å². The second-order valence-corrected chi connectivity index (χ2v) is 9.20. The van der Waals surface area contributed by atoms with Crippen LogP contribution in [0.15, 0.2) is 39.8 Å². The molecule has 0 bridgehead atoms. The molecule has 1 aliphatic carbocycles. The molecule has 0 N–H and O–H groups in total. The predicted octanol–water partition coefficient (Wildman–Crippen LogP) is 2.64. The lowest BCUT2D eigenvalue weighted by Gasteiger charge is -2.42. The number of carbonyl (C=O) groups is 1. The van der Waals surface area contributed by atoms with E-state index in [1.54, 1.807) is 6.07 Å². The number of oxazole rings is 1. The van der Waals surface area contributed by atoms with Gasteiger partial charge in [0.2, 0.25) is 5.91 Å². The molecule has 8 nitrogen and oxygen atoms in total. The van der Waals surface area contributed by atoms with Crippen LogP contribution in [0.3, 0.4) is 0 Å². The first kappa shape index (κ1) is 19.1. The van der Waals surface area contributed by atoms with E-state index in [4.69, 9.17) is 4.42 Å². The van der Waals surface area contributed by atoms with Gasteiger partial charge in [-0.2, -0.15) is 0 Å². The molecule has 2 fully saturated rings. The number of aromatic nitrogens is 4. The van der Waals surface area contributed by atoms with Gasteiger partial charge in [-0.1, -0.05) is 32.4 Å². The molecule has 1 amide bonds. The van der Waals surface area contributed by atoms with Crippen molar-refractivity contribution in [2.24, 2.45) is 11.3 Å². The number of fused-ring (bicyclic) bond motifs is 1. The largest absolute Gasteiger partial charge is 0.420 e. The van der Waals surface area contributed by atoms with E-state index in [0.717, 1.165) is 31.8 Å². The van der Waals surface area contributed by atoms with Crippen molar-refractivity contribution >= 4 is 17.0 Å². The second kappa shape index (κ2) is 7.11. The van der Waals surface area contributed by atoms with Crippen molar-refractivity contribution in [3.8, 4) is 0 Å². The third kappa shape index (κ3) is 3.05. The standard InChI is InChI=1S/C22H27N5O3/c1-15(2)10-26-14-23-24-20(26)16-11-25(13-22(16)8-5-9-22)19(28)12-27-17-6-3-4-7-18(17)30-21(27)29/h3-4,6-7,14-16H,5,8-13H2,1-2H3. The fraction of sp³-hybridized carbons (Fsp3) is 0.545. The highest BCUT2D eigenvalue weighted by Gasteiger charge is 2.53. The lowest BCUT2D eigenvalue weighted by Crippen LogP contribution is -2.39. The molecule has 1 unspecified atom stereocenters. The number of benzene rings is 1. The molecule has 2 aromatic heterocycles. The Morgan fingerprint density at radius 2 is 2.10 bits per heavy atom. The Kier molecular flexibility index (Phi) is 4.52. The molecule has 3 heterocycles. The molecular weight excluding hydrogens is 382 g/mol. The van der Waals surface area contributed by atoms with E-state index in [0.29, 0.717) is 23.6 Å². The highest BCUT2D eigenvalue weighted by atomic mass is 16.4. The molecule has 8 heteroatoms. The predicted molar refractivity (Wildman–Crippen MR) is 111 cm³/mol. The number of carbonyl (C=O) groups excluding carboxylic acids is 1. The molecule has 30 heavy (non-hydrogen) atoms. The Balaban J connectivity index is 1.40. The van der Waals surface area contributed by atoms with Gasteiger partial charge in [-0.15, -0.1) is 10.2 Å². The van der Waals surface area contributed by atoms with Crippen LogP contribution in [-0.4, -0.2) is 43.2 Å². The molecule has 1 aliphatic heterocycles. The summed E-state index contributed by atoms with van der Waals surface area (Å²) in [5.41, 5.74) is 1.24. The summed E-state index contributed by atoms with van der Waals surface area (Å²) in [6, 6.07) is 7.21. The van der Waals surface area contributed by atoms with Gasteiger partial charge in [0.1, 0.15) is 18.7 Å². The molecule has 2 aliphatic rings. The van der Waals surface area contributed by atoms with Crippen molar-refractivity contribution in [2.45, 2.75) is 52.1 Å². The van der Waals surface area contributed by atoms with Crippen LogP contribution in [0.1, 0.15) is 44.9 Å². The number of nitrogens with zero attached hydrogens (tertiary/aromatic N) is 5. The summed E-state index contributed by atoms with van der Waals surface area (Å²) in [6.45, 7) is 6.58. The highest BCUT2D eigenvalue weighted by molar-refractivity contribution is 5.80. The Morgan fingerprint density at radius 1 is 1.30 bits per heavy atom. The lowest BCUT2D eigenvalue weighted by molar-refractivity contribution is -0.131. The Hall–Kier alpha value is -2.90. The topological polar surface area (TPSA) is 86.2 Å². The molecule has 1 atom stereocenters. The zero-order valence-corrected chi connectivity index (χ0v) is 17.5. The van der Waals surface area contributed by atoms with Crippen LogP contribution < -0.4 is 5.76 Å². The molecular formula is C22H27N5O3. The summed E-state index contributed by atoms with van der Waals surface area (Å²) >= 11 is 0. The Morgan fingerprint density at radius 3 is 2.83 bits per heavy atom. The molecule has 0 radical (unpaired) electrons. The van der Waals surface area contributed by atoms with Crippen molar-refractivity contribution < 1.29 is 9.21 Å². The van der Waals surface area contributed by atoms with Gasteiger partial charge in [0, 0.05) is 25.6 Å². The van der Waals surface area contributed by atoms with E-state index in [-0.39, 0.29) is 23.8 Å². The van der Waals surface area contributed by atoms with Crippen molar-refractivity contribution in [1.29, 1.82) is 0 Å². The van der Waals surface area contributed by atoms with E-state index in [1.165, 1.54) is 11.0 Å². The van der Waals surface area contributed by atoms with Crippen molar-refractivity contribution in [1.82, 2.24) is 24.2 Å². The van der Waals surface area contributed by atoms with Crippen LogP contribution in [0.4, 0.5) is 0 Å². The van der Waals surface area contributed by atoms with Crippen molar-refractivity contribution in [3.05, 3.63) is 47.0 Å². The molecule has 5 rings (SSSR count). The van der Waals surface area contributed by atoms with Crippen molar-refractivity contribution in [2.75, 3.05) is 13.1 Å². The van der Waals surface area contributed by atoms with Crippen molar-refractivity contribution in [3.63, 3.8) is 0 Å². The normalized spacial score (nSPS) is 20.4. The molecule has 1 aromatic carbocycles. The smallest absolute Gasteiger partial charge is 0.408 e. The first-order valence-corrected chi connectivity index (χ1v) is 10.7. The third-order valence-corrected chi connectivity index (χ3v) is 6.74. The van der Waals surface area contributed by atoms with Crippen LogP contribution in [0.5, 0.6) is 0 Å². The zero-order valence-electron chi connectivity index (χ0n) is 17.5. The number of para-hydroxylation sites is 2. The number of rotatable bonds is 5. The van der Waals surface area contributed by atoms with Gasteiger partial charge in [0.05, 0.1) is 5.52 Å². The minimum atomic E-state index is -0.490. The van der Waals surface area contributed by atoms with Gasteiger partial charge in [-0.05, 0) is 36.3 Å². The van der Waals surface area contributed by atoms with Gasteiger partial charge < -0.3 is 13.9 Å². The lowest BCUT2D eigenvalue weighted by atomic mass is 9.62. The average molecular weight is 409 g/mol. The summed E-state index contributed by atoms with van der Waals surface area (Å²) in [5.74, 6) is 1.14. The summed E-state index contributed by atoms with van der Waals surface area (Å²) in [5, 5.41) is 8.63. The van der Waals surface area contributed by atoms with Crippen LogP contribution in [0.25, 0.3) is 11.1 Å². The number of amides is 1. The van der Waals surface area contributed by atoms with E-state index in [9.17, 15) is 9.59 Å². The number of likely N-dealkylation sites (tertiary alicyclic amines) is 1. The maximum Gasteiger partial charge on any atom is 0.420 e. The highest BCUT2D eigenvalue weighted by Crippen LogP contribution is 2.55. The summed E-state index contributed by atoms with van der Waals surface area (Å²) in [7, 11) is 0. The van der Waals surface area contributed by atoms with Crippen LogP contribution in [0, 0.1) is 11.3 Å². The first-order chi connectivity index (χ1) is 14.5. The van der Waals surface area contributed by atoms with Gasteiger partial charge in [-0.3, -0.25) is 9.36 Å². The summed E-state index contributed by atoms with van der Waals surface area (Å²) in [6.07, 6.45) is 5.20. The number of hydrogen-bond donors (Lipinski definition) is 0. The number of hydrogen-bond acceptors (Lipinski definition) is 5. The maximum atomic E-state index is 13.2. The zero-order chi connectivity index (χ0) is 20.9. The van der Waals surface area contributed by atoms with Gasteiger partial charge in [-0.25, -0.2) is 4.79 Å². The van der Waals surface area contributed by atoms with Gasteiger partial charge in [0.25, 0.3) is 0 Å². The van der Waals surface area contributed by atoms with Gasteiger partial charge >= 0.3 is 5.76 Å². The average Bonchev–Trinajstić information content (AvgIpc) is 3.36. The SMILES string of the molecule is CC(C)Cn1cnnc1C1CN(C(=O)Cn2c(=O)oc3ccccc32)CC12CCC2. The third-order valence-electron chi connectivity index (χ3n) is 6.74. The van der Waals surface area contributed by atoms with E-state index >= 15 is 0 Å². The van der Waals surface area contributed by atoms with E-state index < -0.39 is 5.76 Å². The fourth-order valence-electron chi connectivity index (χ4n) is 5.12. The summed E-state index contributed by atoms with van der Waals surface area (Å²) < 4.78 is 8.86. The minimum absolute atomic E-state index is 0.00265. The Bertz CT molecular complexity index is 1140. The maximum absolute atomic E-state index is 13.2. The van der Waals surface area contributed by atoms with Crippen LogP contribution in [0.2, 0.25) is 0 Å². The first-order valence-electron chi connectivity index (χ1n) is 10.7. The molecule has 1 saturated heterocycles. The summed E-state index contributed by atoms with van der Waals surface area (Å²) in [4.78, 5) is 27.4. The fourth-order valence-corrected chi connectivity index (χ4v) is 5.12. The van der Waals surface area contributed by atoms with E-state index in [2.05, 4.69) is 28.6 Å². The second-order valence-electron chi connectivity index (χ2n) is 9.20. The molecule has 3 aromatic rings. The Labute approximate surface area is 174 Å².